The summed E-state index contributed by atoms with van der Waals surface area (Å²) in [5, 5.41) is 17.8. The summed E-state index contributed by atoms with van der Waals surface area (Å²) >= 11 is 0. The van der Waals surface area contributed by atoms with Crippen LogP contribution >= 0.6 is 0 Å². The molecule has 42 heavy (non-hydrogen) atoms. The first kappa shape index (κ1) is 29.0. The van der Waals surface area contributed by atoms with Gasteiger partial charge in [-0.05, 0) is 57.3 Å². The number of nitrogens with one attached hydrogen (secondary N) is 3. The molecule has 1 heterocycles. The Kier molecular flexibility index (Phi) is 8.13. The lowest BCUT2D eigenvalue weighted by molar-refractivity contribution is -0.138. The lowest BCUT2D eigenvalue weighted by atomic mass is 9.86. The number of hydrogen-bond donors (Lipinski definition) is 5. The van der Waals surface area contributed by atoms with E-state index in [4.69, 9.17) is 5.73 Å². The molecule has 3 bridgehead atoms. The van der Waals surface area contributed by atoms with Gasteiger partial charge in [0.15, 0.2) is 0 Å². The summed E-state index contributed by atoms with van der Waals surface area (Å²) in [7, 11) is 0. The summed E-state index contributed by atoms with van der Waals surface area (Å²) in [5.41, 5.74) is 12.1. The topological polar surface area (TPSA) is 151 Å². The summed E-state index contributed by atoms with van der Waals surface area (Å²) in [4.78, 5) is 52.1. The van der Waals surface area contributed by atoms with Gasteiger partial charge in [-0.25, -0.2) is 0 Å². The maximum absolute atomic E-state index is 13.9. The summed E-state index contributed by atoms with van der Waals surface area (Å²) in [6.07, 6.45) is 0.124. The van der Waals surface area contributed by atoms with Crippen LogP contribution in [0.4, 0.5) is 0 Å². The van der Waals surface area contributed by atoms with E-state index >= 15 is 0 Å². The summed E-state index contributed by atoms with van der Waals surface area (Å²) < 4.78 is 0. The van der Waals surface area contributed by atoms with Gasteiger partial charge in [-0.3, -0.25) is 19.2 Å². The maximum Gasteiger partial charge on any atom is 0.303 e. The Balaban J connectivity index is 1.70. The van der Waals surface area contributed by atoms with Crippen LogP contribution in [-0.4, -0.2) is 46.4 Å². The second kappa shape index (κ2) is 11.8. The zero-order valence-electron chi connectivity index (χ0n) is 23.8. The van der Waals surface area contributed by atoms with Crippen molar-refractivity contribution in [3.05, 3.63) is 83.4 Å². The van der Waals surface area contributed by atoms with Crippen molar-refractivity contribution in [3.63, 3.8) is 0 Å². The number of carbonyl (C=O) groups is 4. The molecule has 0 saturated heterocycles. The van der Waals surface area contributed by atoms with Crippen molar-refractivity contribution in [1.29, 1.82) is 0 Å². The van der Waals surface area contributed by atoms with E-state index in [9.17, 15) is 24.3 Å². The lowest BCUT2D eigenvalue weighted by Gasteiger charge is -2.30. The molecule has 9 nitrogen and oxygen atoms in total. The van der Waals surface area contributed by atoms with Crippen molar-refractivity contribution >= 4 is 23.7 Å². The number of carboxylic acid groups (broad SMARTS) is 1. The molecule has 218 valence electrons. The number of hydrogen-bond acceptors (Lipinski definition) is 5. The summed E-state index contributed by atoms with van der Waals surface area (Å²) in [6, 6.07) is 19.6. The minimum atomic E-state index is -1.31. The Hall–Kier alpha value is -4.50. The quantitative estimate of drug-likeness (QED) is 0.309. The number of carbonyl (C=O) groups excluding carboxylic acids is 3. The molecule has 3 amide bonds. The molecule has 0 fully saturated rings. The van der Waals surface area contributed by atoms with Gasteiger partial charge in [0, 0.05) is 25.8 Å². The van der Waals surface area contributed by atoms with Crippen LogP contribution in [0.2, 0.25) is 0 Å². The monoisotopic (exact) mass is 568 g/mol. The van der Waals surface area contributed by atoms with Gasteiger partial charge in [-0.15, -0.1) is 0 Å². The van der Waals surface area contributed by atoms with Crippen molar-refractivity contribution in [1.82, 2.24) is 16.0 Å². The van der Waals surface area contributed by atoms with E-state index in [1.165, 1.54) is 0 Å². The third-order valence-corrected chi connectivity index (χ3v) is 8.18. The fraction of sp³-hybridized carbons (Fsp3) is 0.333. The molecule has 3 aromatic rings. The molecule has 0 radical (unpaired) electrons. The Labute approximate surface area is 244 Å². The van der Waals surface area contributed by atoms with Crippen molar-refractivity contribution in [2.75, 3.05) is 0 Å². The SMILES string of the molecule is CC(C)[C@@H]1NC(=O)C2(N)Cc3c(-c4ccccc4)cc(c(-c4ccccc4)c3C2)CNC(=O)[C@H](CCC(=O)O)NC1=O. The van der Waals surface area contributed by atoms with E-state index in [1.807, 2.05) is 66.7 Å². The van der Waals surface area contributed by atoms with Gasteiger partial charge >= 0.3 is 5.97 Å². The number of aliphatic carboxylic acids is 1. The van der Waals surface area contributed by atoms with Crippen molar-refractivity contribution in [2.24, 2.45) is 11.7 Å². The molecule has 1 aliphatic carbocycles. The number of benzene rings is 3. The predicted molar refractivity (Wildman–Crippen MR) is 159 cm³/mol. The molecule has 9 heteroatoms. The molecule has 1 aliphatic heterocycles. The van der Waals surface area contributed by atoms with Crippen molar-refractivity contribution in [3.8, 4) is 22.3 Å². The first-order valence-corrected chi connectivity index (χ1v) is 14.3. The Bertz CT molecular complexity index is 1520. The van der Waals surface area contributed by atoms with Gasteiger partial charge in [0.25, 0.3) is 0 Å². The zero-order chi connectivity index (χ0) is 30.0. The molecule has 2 aliphatic rings. The highest BCUT2D eigenvalue weighted by Crippen LogP contribution is 2.44. The first-order valence-electron chi connectivity index (χ1n) is 14.3. The Morgan fingerprint density at radius 3 is 2.17 bits per heavy atom. The van der Waals surface area contributed by atoms with Crippen molar-refractivity contribution in [2.45, 2.75) is 63.7 Å². The highest BCUT2D eigenvalue weighted by Gasteiger charge is 2.45. The average molecular weight is 569 g/mol. The minimum absolute atomic E-state index is 0.0997. The molecule has 0 spiro atoms. The largest absolute Gasteiger partial charge is 0.481 e. The zero-order valence-corrected chi connectivity index (χ0v) is 23.8. The van der Waals surface area contributed by atoms with Crippen LogP contribution in [0.25, 0.3) is 22.3 Å². The van der Waals surface area contributed by atoms with E-state index in [0.717, 1.165) is 38.9 Å². The van der Waals surface area contributed by atoms with Crippen LogP contribution in [0.1, 0.15) is 43.4 Å². The molecule has 0 aromatic heterocycles. The normalized spacial score (nSPS) is 22.3. The molecule has 1 unspecified atom stereocenters. The number of nitrogens with two attached hydrogens (primary N) is 1. The van der Waals surface area contributed by atoms with Crippen LogP contribution in [0.5, 0.6) is 0 Å². The van der Waals surface area contributed by atoms with Crippen molar-refractivity contribution < 1.29 is 24.3 Å². The Morgan fingerprint density at radius 1 is 0.929 bits per heavy atom. The molecular weight excluding hydrogens is 532 g/mol. The summed E-state index contributed by atoms with van der Waals surface area (Å²) in [5.74, 6) is -2.90. The van der Waals surface area contributed by atoms with E-state index in [0.29, 0.717) is 0 Å². The molecule has 3 aromatic carbocycles. The average Bonchev–Trinajstić information content (AvgIpc) is 3.34. The van der Waals surface area contributed by atoms with E-state index in [-0.39, 0.29) is 38.1 Å². The predicted octanol–water partition coefficient (Wildman–Crippen LogP) is 2.94. The van der Waals surface area contributed by atoms with Crippen LogP contribution in [0, 0.1) is 5.92 Å². The van der Waals surface area contributed by atoms with Crippen LogP contribution in [-0.2, 0) is 38.6 Å². The van der Waals surface area contributed by atoms with Gasteiger partial charge in [0.1, 0.15) is 17.6 Å². The van der Waals surface area contributed by atoms with Gasteiger partial charge < -0.3 is 26.8 Å². The number of fused-ring (bicyclic) bond motifs is 2. The molecule has 3 atom stereocenters. The van der Waals surface area contributed by atoms with E-state index in [2.05, 4.69) is 16.0 Å². The van der Waals surface area contributed by atoms with Gasteiger partial charge in [0.05, 0.1) is 0 Å². The van der Waals surface area contributed by atoms with Crippen LogP contribution in [0.3, 0.4) is 0 Å². The number of rotatable bonds is 6. The Morgan fingerprint density at radius 2 is 1.55 bits per heavy atom. The maximum atomic E-state index is 13.9. The molecule has 0 saturated carbocycles. The third-order valence-electron chi connectivity index (χ3n) is 8.18. The molecule has 5 rings (SSSR count). The third kappa shape index (κ3) is 5.78. The van der Waals surface area contributed by atoms with Gasteiger partial charge in [0.2, 0.25) is 17.7 Å². The highest BCUT2D eigenvalue weighted by molar-refractivity contribution is 5.97. The minimum Gasteiger partial charge on any atom is -0.481 e. The second-order valence-electron chi connectivity index (χ2n) is 11.6. The first-order chi connectivity index (χ1) is 20.1. The fourth-order valence-corrected chi connectivity index (χ4v) is 5.99. The standard InChI is InChI=1S/C33H36N4O5/c1-19(2)29-31(41)36-26(13-14-27(38)39)30(40)35-18-22-15-23(20-9-5-3-6-10-20)24-16-33(34,32(42)37-29)17-25(24)28(22)21-11-7-4-8-12-21/h3-12,15,19,26,29H,13-14,16-18,34H2,1-2H3,(H,35,40)(H,36,41)(H,37,42)(H,38,39)/t26-,29-,33?/m0/s1. The van der Waals surface area contributed by atoms with Crippen LogP contribution in [0.15, 0.2) is 66.7 Å². The van der Waals surface area contributed by atoms with Crippen LogP contribution < -0.4 is 21.7 Å². The lowest BCUT2D eigenvalue weighted by Crippen LogP contribution is -2.61. The van der Waals surface area contributed by atoms with Gasteiger partial charge in [-0.1, -0.05) is 74.5 Å². The smallest absolute Gasteiger partial charge is 0.303 e. The molecular formula is C33H36N4O5. The fourth-order valence-electron chi connectivity index (χ4n) is 5.99. The van der Waals surface area contributed by atoms with Gasteiger partial charge in [-0.2, -0.15) is 0 Å². The highest BCUT2D eigenvalue weighted by atomic mass is 16.4. The number of carboxylic acids is 1. The number of amides is 3. The van der Waals surface area contributed by atoms with E-state index < -0.39 is 41.3 Å². The molecule has 6 N–H and O–H groups in total. The van der Waals surface area contributed by atoms with E-state index in [1.54, 1.807) is 13.8 Å². The summed E-state index contributed by atoms with van der Waals surface area (Å²) in [6.45, 7) is 3.71. The second-order valence-corrected chi connectivity index (χ2v) is 11.6.